The highest BCUT2D eigenvalue weighted by atomic mass is 16.5. The Kier molecular flexibility index (Phi) is 4.30. The number of para-hydroxylation sites is 1. The fraction of sp³-hybridized carbons (Fsp3) is 0.185. The minimum absolute atomic E-state index is 0.196. The normalized spacial score (nSPS) is 19.7. The molecule has 1 N–H and O–H groups in total. The molecule has 4 aromatic rings. The number of imide groups is 1. The Balaban J connectivity index is 1.51. The highest BCUT2D eigenvalue weighted by Gasteiger charge is 2.53. The van der Waals surface area contributed by atoms with Gasteiger partial charge in [-0.2, -0.15) is 0 Å². The molecular weight excluding hydrogens is 414 g/mol. The predicted molar refractivity (Wildman–Crippen MR) is 127 cm³/mol. The van der Waals surface area contributed by atoms with Crippen LogP contribution >= 0.6 is 0 Å². The third kappa shape index (κ3) is 2.87. The van der Waals surface area contributed by atoms with Gasteiger partial charge in [0.15, 0.2) is 0 Å². The number of anilines is 1. The summed E-state index contributed by atoms with van der Waals surface area (Å²) in [7, 11) is 1.59. The van der Waals surface area contributed by atoms with Gasteiger partial charge in [0.25, 0.3) is 5.91 Å². The van der Waals surface area contributed by atoms with Crippen LogP contribution in [0.5, 0.6) is 5.75 Å². The minimum atomic E-state index is -0.558. The zero-order valence-corrected chi connectivity index (χ0v) is 18.4. The lowest BCUT2D eigenvalue weighted by Crippen LogP contribution is -2.44. The zero-order valence-electron chi connectivity index (χ0n) is 18.4. The molecule has 6 heteroatoms. The Bertz CT molecular complexity index is 1390. The van der Waals surface area contributed by atoms with Gasteiger partial charge >= 0.3 is 6.03 Å². The van der Waals surface area contributed by atoms with Gasteiger partial charge in [0, 0.05) is 23.0 Å². The maximum Gasteiger partial charge on any atom is 0.332 e. The van der Waals surface area contributed by atoms with Crippen LogP contribution in [-0.2, 0) is 11.2 Å². The Morgan fingerprint density at radius 1 is 0.939 bits per heavy atom. The number of carbonyl (C=O) groups excluding carboxylic acids is 2. The Morgan fingerprint density at radius 2 is 1.67 bits per heavy atom. The summed E-state index contributed by atoms with van der Waals surface area (Å²) in [6.45, 7) is 2.04. The number of H-pyrrole nitrogens is 1. The molecule has 2 atom stereocenters. The summed E-state index contributed by atoms with van der Waals surface area (Å²) in [6.07, 6.45) is 0.485. The molecule has 3 amide bonds. The molecule has 2 aliphatic rings. The summed E-state index contributed by atoms with van der Waals surface area (Å²) in [5.74, 6) is 0.479. The molecule has 3 aromatic carbocycles. The molecule has 164 valence electrons. The molecule has 0 spiro atoms. The Morgan fingerprint density at radius 3 is 2.39 bits per heavy atom. The second-order valence-electron chi connectivity index (χ2n) is 8.66. The van der Waals surface area contributed by atoms with Crippen LogP contribution in [-0.4, -0.2) is 35.0 Å². The molecule has 6 nitrogen and oxygen atoms in total. The second-order valence-corrected chi connectivity index (χ2v) is 8.66. The predicted octanol–water partition coefficient (Wildman–Crippen LogP) is 4.97. The number of aryl methyl sites for hydroxylation is 1. The van der Waals surface area contributed by atoms with E-state index < -0.39 is 6.04 Å². The molecule has 1 saturated heterocycles. The molecular formula is C27H23N3O3. The van der Waals surface area contributed by atoms with E-state index in [0.717, 1.165) is 33.3 Å². The van der Waals surface area contributed by atoms with E-state index in [1.807, 2.05) is 49.4 Å². The molecule has 1 aromatic heterocycles. The van der Waals surface area contributed by atoms with Crippen LogP contribution in [0.3, 0.4) is 0 Å². The van der Waals surface area contributed by atoms with Gasteiger partial charge in [-0.25, -0.2) is 9.69 Å². The van der Waals surface area contributed by atoms with E-state index >= 15 is 0 Å². The number of hydrogen-bond acceptors (Lipinski definition) is 3. The van der Waals surface area contributed by atoms with Crippen LogP contribution in [0.4, 0.5) is 10.5 Å². The quantitative estimate of drug-likeness (QED) is 0.461. The number of amides is 3. The first-order chi connectivity index (χ1) is 16.1. The maximum absolute atomic E-state index is 13.8. The molecule has 1 unspecified atom stereocenters. The molecule has 1 fully saturated rings. The van der Waals surface area contributed by atoms with Gasteiger partial charge in [-0.3, -0.25) is 9.69 Å². The summed E-state index contributed by atoms with van der Waals surface area (Å²) in [5.41, 5.74) is 5.79. The van der Waals surface area contributed by atoms with Crippen LogP contribution in [0, 0.1) is 6.92 Å². The Hall–Kier alpha value is -4.06. The van der Waals surface area contributed by atoms with Gasteiger partial charge in [0.05, 0.1) is 12.8 Å². The van der Waals surface area contributed by atoms with E-state index in [1.54, 1.807) is 36.3 Å². The molecule has 33 heavy (non-hydrogen) atoms. The van der Waals surface area contributed by atoms with Crippen molar-refractivity contribution in [2.45, 2.75) is 25.4 Å². The van der Waals surface area contributed by atoms with Gasteiger partial charge in [-0.15, -0.1) is 0 Å². The largest absolute Gasteiger partial charge is 0.497 e. The van der Waals surface area contributed by atoms with Gasteiger partial charge in [0.1, 0.15) is 17.8 Å². The van der Waals surface area contributed by atoms with Crippen LogP contribution in [0.2, 0.25) is 0 Å². The molecule has 0 radical (unpaired) electrons. The first kappa shape index (κ1) is 19.6. The first-order valence-corrected chi connectivity index (χ1v) is 11.0. The number of ether oxygens (including phenoxy) is 1. The van der Waals surface area contributed by atoms with E-state index in [9.17, 15) is 9.59 Å². The lowest BCUT2D eigenvalue weighted by atomic mass is 9.88. The second kappa shape index (κ2) is 7.24. The van der Waals surface area contributed by atoms with E-state index in [-0.39, 0.29) is 18.0 Å². The van der Waals surface area contributed by atoms with E-state index in [2.05, 4.69) is 11.1 Å². The summed E-state index contributed by atoms with van der Waals surface area (Å²) >= 11 is 0. The number of methoxy groups -OCH3 is 1. The Labute approximate surface area is 191 Å². The topological polar surface area (TPSA) is 65.6 Å². The molecule has 2 aliphatic heterocycles. The highest BCUT2D eigenvalue weighted by Crippen LogP contribution is 2.44. The number of urea groups is 1. The molecule has 6 rings (SSSR count). The van der Waals surface area contributed by atoms with Crippen molar-refractivity contribution >= 4 is 28.5 Å². The van der Waals surface area contributed by atoms with Crippen LogP contribution < -0.4 is 9.64 Å². The fourth-order valence-corrected chi connectivity index (χ4v) is 5.14. The summed E-state index contributed by atoms with van der Waals surface area (Å²) in [6, 6.07) is 22.1. The molecule has 3 heterocycles. The number of hydrogen-bond donors (Lipinski definition) is 1. The molecule has 0 saturated carbocycles. The number of aromatic nitrogens is 1. The monoisotopic (exact) mass is 437 g/mol. The van der Waals surface area contributed by atoms with E-state index in [4.69, 9.17) is 4.74 Å². The minimum Gasteiger partial charge on any atom is -0.497 e. The summed E-state index contributed by atoms with van der Waals surface area (Å²) in [4.78, 5) is 34.0. The van der Waals surface area contributed by atoms with Crippen LogP contribution in [0.25, 0.3) is 10.9 Å². The summed E-state index contributed by atoms with van der Waals surface area (Å²) < 4.78 is 5.23. The summed E-state index contributed by atoms with van der Waals surface area (Å²) in [5, 5.41) is 1.10. The first-order valence-electron chi connectivity index (χ1n) is 11.0. The van der Waals surface area contributed by atoms with Crippen molar-refractivity contribution in [2.75, 3.05) is 12.0 Å². The van der Waals surface area contributed by atoms with Crippen molar-refractivity contribution < 1.29 is 14.3 Å². The number of aromatic amines is 1. The molecule has 0 bridgehead atoms. The lowest BCUT2D eigenvalue weighted by Gasteiger charge is -2.36. The van der Waals surface area contributed by atoms with Crippen molar-refractivity contribution in [3.63, 3.8) is 0 Å². The van der Waals surface area contributed by atoms with E-state index in [1.165, 1.54) is 4.90 Å². The number of nitrogens with one attached hydrogen (secondary N) is 1. The van der Waals surface area contributed by atoms with Crippen molar-refractivity contribution in [1.29, 1.82) is 0 Å². The number of benzene rings is 3. The average Bonchev–Trinajstić information content (AvgIpc) is 3.33. The van der Waals surface area contributed by atoms with Gasteiger partial charge in [0.2, 0.25) is 0 Å². The van der Waals surface area contributed by atoms with Crippen molar-refractivity contribution in [1.82, 2.24) is 9.88 Å². The fourth-order valence-electron chi connectivity index (χ4n) is 5.14. The van der Waals surface area contributed by atoms with Gasteiger partial charge in [-0.1, -0.05) is 48.0 Å². The molecule has 0 aliphatic carbocycles. The van der Waals surface area contributed by atoms with E-state index in [0.29, 0.717) is 17.9 Å². The maximum atomic E-state index is 13.8. The number of fused-ring (bicyclic) bond motifs is 4. The standard InChI is InChI=1S/C27H23N3O3/c1-16-7-9-17(10-8-16)25-24-21(20-5-3-4-6-22(20)28-24)15-23-26(31)29(27(32)30(23)25)18-11-13-19(33-2)14-12-18/h3-14,23,25,28H,15H2,1-2H3/t23-,25?/m0/s1. The lowest BCUT2D eigenvalue weighted by molar-refractivity contribution is -0.120. The van der Waals surface area contributed by atoms with Gasteiger partial charge < -0.3 is 9.72 Å². The number of carbonyl (C=O) groups is 2. The van der Waals surface area contributed by atoms with Crippen molar-refractivity contribution in [3.8, 4) is 5.75 Å². The zero-order chi connectivity index (χ0) is 22.7. The average molecular weight is 437 g/mol. The SMILES string of the molecule is COc1ccc(N2C(=O)[C@@H]3Cc4c([nH]c5ccccc45)C(c4ccc(C)cc4)N3C2=O)cc1. The number of rotatable bonds is 3. The highest BCUT2D eigenvalue weighted by molar-refractivity contribution is 6.22. The smallest absolute Gasteiger partial charge is 0.332 e. The third-order valence-electron chi connectivity index (χ3n) is 6.77. The van der Waals surface area contributed by atoms with Crippen molar-refractivity contribution in [3.05, 3.63) is 95.2 Å². The van der Waals surface area contributed by atoms with Crippen LogP contribution in [0.1, 0.15) is 28.4 Å². The van der Waals surface area contributed by atoms with Crippen LogP contribution in [0.15, 0.2) is 72.8 Å². The third-order valence-corrected chi connectivity index (χ3v) is 6.77. The number of nitrogens with zero attached hydrogens (tertiary/aromatic N) is 2. The van der Waals surface area contributed by atoms with Crippen molar-refractivity contribution in [2.24, 2.45) is 0 Å². The van der Waals surface area contributed by atoms with Gasteiger partial charge in [-0.05, 0) is 48.4 Å².